The fourth-order valence-corrected chi connectivity index (χ4v) is 2.67. The lowest BCUT2D eigenvalue weighted by Gasteiger charge is -2.33. The zero-order valence-corrected chi connectivity index (χ0v) is 10.4. The van der Waals surface area contributed by atoms with Gasteiger partial charge in [0.1, 0.15) is 0 Å². The van der Waals surface area contributed by atoms with Crippen LogP contribution in [0.3, 0.4) is 0 Å². The summed E-state index contributed by atoms with van der Waals surface area (Å²) in [7, 11) is 0. The van der Waals surface area contributed by atoms with E-state index in [1.54, 1.807) is 11.8 Å². The topological polar surface area (TPSA) is 40.5 Å². The first-order valence-corrected chi connectivity index (χ1v) is 6.94. The highest BCUT2D eigenvalue weighted by Crippen LogP contribution is 2.20. The van der Waals surface area contributed by atoms with E-state index in [0.29, 0.717) is 5.92 Å². The molecular weight excluding hydrogens is 210 g/mol. The minimum atomic E-state index is 0.121. The van der Waals surface area contributed by atoms with Crippen LogP contribution in [0.25, 0.3) is 0 Å². The molecule has 0 aliphatic carbocycles. The molecule has 1 aliphatic rings. The van der Waals surface area contributed by atoms with E-state index >= 15 is 0 Å². The molecule has 1 heterocycles. The molecular formula is C11H21NO2S. The second kappa shape index (κ2) is 6.38. The molecule has 0 saturated carbocycles. The number of piperidine rings is 1. The van der Waals surface area contributed by atoms with Gasteiger partial charge in [0.05, 0.1) is 5.25 Å². The predicted octanol–water partition coefficient (Wildman–Crippen LogP) is 1.36. The first-order chi connectivity index (χ1) is 7.22. The van der Waals surface area contributed by atoms with E-state index < -0.39 is 0 Å². The van der Waals surface area contributed by atoms with E-state index in [4.69, 9.17) is 5.11 Å². The summed E-state index contributed by atoms with van der Waals surface area (Å²) in [6.07, 6.45) is 4.80. The van der Waals surface area contributed by atoms with Crippen molar-refractivity contribution in [3.05, 3.63) is 0 Å². The van der Waals surface area contributed by atoms with Gasteiger partial charge in [-0.2, -0.15) is 11.8 Å². The van der Waals surface area contributed by atoms with Gasteiger partial charge in [0.2, 0.25) is 5.91 Å². The average Bonchev–Trinajstić information content (AvgIpc) is 2.30. The number of hydrogen-bond acceptors (Lipinski definition) is 3. The summed E-state index contributed by atoms with van der Waals surface area (Å²) in [4.78, 5) is 14.0. The fourth-order valence-electron chi connectivity index (χ4n) is 1.98. The molecule has 0 aromatic heterocycles. The number of nitrogens with zero attached hydrogens (tertiary/aromatic N) is 1. The Morgan fingerprint density at radius 2 is 2.13 bits per heavy atom. The lowest BCUT2D eigenvalue weighted by atomic mass is 9.97. The fraction of sp³-hybridized carbons (Fsp3) is 0.909. The van der Waals surface area contributed by atoms with E-state index in [0.717, 1.165) is 32.4 Å². The van der Waals surface area contributed by atoms with Gasteiger partial charge < -0.3 is 10.0 Å². The molecule has 1 saturated heterocycles. The number of likely N-dealkylation sites (tertiary alicyclic amines) is 1. The number of thioether (sulfide) groups is 1. The summed E-state index contributed by atoms with van der Waals surface area (Å²) in [5.74, 6) is 0.685. The van der Waals surface area contributed by atoms with Crippen LogP contribution in [0.15, 0.2) is 0 Å². The molecule has 1 N–H and O–H groups in total. The average molecular weight is 231 g/mol. The molecule has 0 aromatic rings. The van der Waals surface area contributed by atoms with Crippen LogP contribution in [0.5, 0.6) is 0 Å². The third-order valence-electron chi connectivity index (χ3n) is 3.12. The Kier molecular flexibility index (Phi) is 5.47. The quantitative estimate of drug-likeness (QED) is 0.794. The molecule has 0 spiro atoms. The van der Waals surface area contributed by atoms with Gasteiger partial charge in [-0.1, -0.05) is 6.92 Å². The minimum absolute atomic E-state index is 0.121. The Balaban J connectivity index is 2.42. The van der Waals surface area contributed by atoms with Gasteiger partial charge in [-0.15, -0.1) is 0 Å². The number of hydrogen-bond donors (Lipinski definition) is 1. The largest absolute Gasteiger partial charge is 0.396 e. The van der Waals surface area contributed by atoms with Crippen molar-refractivity contribution in [2.75, 3.05) is 26.0 Å². The maximum Gasteiger partial charge on any atom is 0.235 e. The lowest BCUT2D eigenvalue weighted by molar-refractivity contribution is -0.132. The highest BCUT2D eigenvalue weighted by molar-refractivity contribution is 7.99. The SMILES string of the molecule is CCC(SC)C(=O)N1CCC(CO)CC1. The van der Waals surface area contributed by atoms with E-state index in [2.05, 4.69) is 6.92 Å². The third kappa shape index (κ3) is 3.38. The van der Waals surface area contributed by atoms with Crippen molar-refractivity contribution < 1.29 is 9.90 Å². The summed E-state index contributed by atoms with van der Waals surface area (Å²) >= 11 is 1.64. The van der Waals surface area contributed by atoms with Crippen LogP contribution in [0.4, 0.5) is 0 Å². The molecule has 0 bridgehead atoms. The Bertz CT molecular complexity index is 199. The molecule has 4 heteroatoms. The number of rotatable bonds is 4. The Labute approximate surface area is 96.2 Å². The molecule has 15 heavy (non-hydrogen) atoms. The van der Waals surface area contributed by atoms with E-state index in [9.17, 15) is 4.79 Å². The van der Waals surface area contributed by atoms with Crippen LogP contribution in [0.1, 0.15) is 26.2 Å². The van der Waals surface area contributed by atoms with Crippen LogP contribution in [0.2, 0.25) is 0 Å². The molecule has 0 radical (unpaired) electrons. The van der Waals surface area contributed by atoms with Gasteiger partial charge in [-0.3, -0.25) is 4.79 Å². The van der Waals surface area contributed by atoms with Gasteiger partial charge in [-0.25, -0.2) is 0 Å². The molecule has 1 fully saturated rings. The summed E-state index contributed by atoms with van der Waals surface area (Å²) < 4.78 is 0. The predicted molar refractivity (Wildman–Crippen MR) is 64.0 cm³/mol. The first-order valence-electron chi connectivity index (χ1n) is 5.65. The molecule has 1 atom stereocenters. The lowest BCUT2D eigenvalue weighted by Crippen LogP contribution is -2.43. The van der Waals surface area contributed by atoms with Gasteiger partial charge in [-0.05, 0) is 31.4 Å². The number of carbonyl (C=O) groups excluding carboxylic acids is 1. The van der Waals surface area contributed by atoms with Crippen molar-refractivity contribution in [3.8, 4) is 0 Å². The van der Waals surface area contributed by atoms with Crippen LogP contribution in [0, 0.1) is 5.92 Å². The molecule has 1 amide bonds. The first kappa shape index (κ1) is 12.8. The van der Waals surface area contributed by atoms with Gasteiger partial charge >= 0.3 is 0 Å². The molecule has 88 valence electrons. The second-order valence-electron chi connectivity index (χ2n) is 4.08. The number of aliphatic hydroxyl groups excluding tert-OH is 1. The van der Waals surface area contributed by atoms with Crippen molar-refractivity contribution in [2.45, 2.75) is 31.4 Å². The maximum atomic E-state index is 12.0. The highest BCUT2D eigenvalue weighted by Gasteiger charge is 2.26. The number of carbonyl (C=O) groups is 1. The minimum Gasteiger partial charge on any atom is -0.396 e. The second-order valence-corrected chi connectivity index (χ2v) is 5.12. The Hall–Kier alpha value is -0.220. The van der Waals surface area contributed by atoms with E-state index in [1.807, 2.05) is 11.2 Å². The Morgan fingerprint density at radius 1 is 1.53 bits per heavy atom. The molecule has 1 unspecified atom stereocenters. The smallest absolute Gasteiger partial charge is 0.235 e. The Morgan fingerprint density at radius 3 is 2.53 bits per heavy atom. The van der Waals surface area contributed by atoms with Crippen LogP contribution in [-0.4, -0.2) is 47.1 Å². The van der Waals surface area contributed by atoms with Crippen LogP contribution < -0.4 is 0 Å². The molecule has 0 aromatic carbocycles. The number of amides is 1. The van der Waals surface area contributed by atoms with E-state index in [1.165, 1.54) is 0 Å². The summed E-state index contributed by atoms with van der Waals surface area (Å²) in [6.45, 7) is 3.96. The van der Waals surface area contributed by atoms with Crippen molar-refractivity contribution in [1.29, 1.82) is 0 Å². The molecule has 1 aliphatic heterocycles. The zero-order valence-electron chi connectivity index (χ0n) is 9.61. The summed E-state index contributed by atoms with van der Waals surface area (Å²) in [6, 6.07) is 0. The molecule has 3 nitrogen and oxygen atoms in total. The molecule has 1 rings (SSSR count). The van der Waals surface area contributed by atoms with Crippen molar-refractivity contribution >= 4 is 17.7 Å². The number of aliphatic hydroxyl groups is 1. The standard InChI is InChI=1S/C11H21NO2S/c1-3-10(15-2)11(14)12-6-4-9(8-13)5-7-12/h9-10,13H,3-8H2,1-2H3. The van der Waals surface area contributed by atoms with Gasteiger partial charge in [0.25, 0.3) is 0 Å². The normalized spacial score (nSPS) is 20.3. The van der Waals surface area contributed by atoms with Crippen molar-refractivity contribution in [2.24, 2.45) is 5.92 Å². The third-order valence-corrected chi connectivity index (χ3v) is 4.22. The van der Waals surface area contributed by atoms with Crippen molar-refractivity contribution in [3.63, 3.8) is 0 Å². The maximum absolute atomic E-state index is 12.0. The highest BCUT2D eigenvalue weighted by atomic mass is 32.2. The van der Waals surface area contributed by atoms with Crippen molar-refractivity contribution in [1.82, 2.24) is 4.90 Å². The van der Waals surface area contributed by atoms with Gasteiger partial charge in [0.15, 0.2) is 0 Å². The van der Waals surface area contributed by atoms with Gasteiger partial charge in [0, 0.05) is 19.7 Å². The van der Waals surface area contributed by atoms with E-state index in [-0.39, 0.29) is 17.8 Å². The van der Waals surface area contributed by atoms with Crippen LogP contribution >= 0.6 is 11.8 Å². The van der Waals surface area contributed by atoms with Crippen LogP contribution in [-0.2, 0) is 4.79 Å². The summed E-state index contributed by atoms with van der Waals surface area (Å²) in [5.41, 5.74) is 0. The monoisotopic (exact) mass is 231 g/mol. The summed E-state index contributed by atoms with van der Waals surface area (Å²) in [5, 5.41) is 9.13. The zero-order chi connectivity index (χ0) is 11.3.